The number of hydrogen-bond acceptors (Lipinski definition) is 16. The summed E-state index contributed by atoms with van der Waals surface area (Å²) in [4.78, 5) is 74.8. The topological polar surface area (TPSA) is 243 Å². The van der Waals surface area contributed by atoms with Crippen LogP contribution in [0.25, 0.3) is 71.8 Å². The number of methoxy groups -OCH3 is 5. The van der Waals surface area contributed by atoms with Crippen molar-refractivity contribution in [1.82, 2.24) is 29.9 Å². The predicted molar refractivity (Wildman–Crippen MR) is 334 cm³/mol. The van der Waals surface area contributed by atoms with Gasteiger partial charge in [-0.3, -0.25) is 14.4 Å². The lowest BCUT2D eigenvalue weighted by atomic mass is 10.0. The molecule has 11 rings (SSSR count). The Morgan fingerprint density at radius 2 is 0.965 bits per heavy atom. The molecule has 4 N–H and O–H groups in total. The predicted octanol–water partition coefficient (Wildman–Crippen LogP) is 10.4. The number of aryl methyl sites for hydroxylation is 3. The van der Waals surface area contributed by atoms with Crippen LogP contribution >= 0.6 is 0 Å². The van der Waals surface area contributed by atoms with Crippen molar-refractivity contribution in [3.05, 3.63) is 187 Å². The van der Waals surface area contributed by atoms with Crippen LogP contribution in [-0.4, -0.2) is 123 Å². The van der Waals surface area contributed by atoms with Crippen molar-refractivity contribution in [2.24, 2.45) is 0 Å². The molecule has 0 radical (unpaired) electrons. The number of benzene rings is 6. The summed E-state index contributed by atoms with van der Waals surface area (Å²) >= 11 is 0. The standard InChI is InChI=1S/C23H20N4O6.C22H26N2O3.C21H22N2O3/c1-12-5-7-13(8-6-12)17-19(15-10-9-14(31-2)11-16(15)21(28)24-17)27-20(23(30)33-4)18(25-26-27)22(29)32-3;1-4-12-27-13-11-23-21-18-10-9-17(26-3)14-19(18)22(25)24-20(21)16-7-5-15(2)6-8-16;1-14-3-5-15(6-4-14)19-20(23-9-11-26-12-10-23)17-8-7-16(25-2)13-18(17)21(24)22-19/h5-11H,1-4H3,(H,24,28);5-10,14,23H,4,11-13H2,1-3H3,(H,24,25);3-8,13H,9-12H2,1-2H3,(H,22,24). The lowest BCUT2D eigenvalue weighted by Crippen LogP contribution is -2.37. The van der Waals surface area contributed by atoms with E-state index >= 15 is 0 Å². The van der Waals surface area contributed by atoms with Crippen LogP contribution in [0.3, 0.4) is 0 Å². The van der Waals surface area contributed by atoms with Gasteiger partial charge in [0.15, 0.2) is 5.69 Å². The number of ether oxygens (including phenoxy) is 7. The zero-order valence-electron chi connectivity index (χ0n) is 49.5. The number of nitrogens with one attached hydrogen (secondary N) is 4. The maximum atomic E-state index is 13.0. The maximum absolute atomic E-state index is 13.0. The van der Waals surface area contributed by atoms with Crippen LogP contribution in [0.1, 0.15) is 51.0 Å². The number of anilines is 2. The molecule has 0 bridgehead atoms. The van der Waals surface area contributed by atoms with Crippen molar-refractivity contribution in [1.29, 1.82) is 0 Å². The van der Waals surface area contributed by atoms with Gasteiger partial charge < -0.3 is 58.3 Å². The highest BCUT2D eigenvalue weighted by Gasteiger charge is 2.31. The number of fused-ring (bicyclic) bond motifs is 3. The van der Waals surface area contributed by atoms with Gasteiger partial charge in [0.2, 0.25) is 5.69 Å². The Balaban J connectivity index is 0.000000155. The second-order valence-corrected chi connectivity index (χ2v) is 20.2. The monoisotopic (exact) mass is 1160 g/mol. The summed E-state index contributed by atoms with van der Waals surface area (Å²) in [6, 6.07) is 40.0. The van der Waals surface area contributed by atoms with Gasteiger partial charge in [-0.1, -0.05) is 102 Å². The Morgan fingerprint density at radius 1 is 0.535 bits per heavy atom. The zero-order chi connectivity index (χ0) is 61.0. The fourth-order valence-corrected chi connectivity index (χ4v) is 10.0. The first-order chi connectivity index (χ1) is 41.7. The van der Waals surface area contributed by atoms with E-state index in [9.17, 15) is 24.0 Å². The number of aromatic nitrogens is 6. The number of H-pyrrole nitrogens is 3. The molecular formula is C66H68N8O12. The van der Waals surface area contributed by atoms with E-state index in [0.717, 1.165) is 76.3 Å². The number of nitrogens with zero attached hydrogens (tertiary/aromatic N) is 4. The van der Waals surface area contributed by atoms with Gasteiger partial charge in [-0.15, -0.1) is 5.10 Å². The van der Waals surface area contributed by atoms with E-state index in [4.69, 9.17) is 33.2 Å². The van der Waals surface area contributed by atoms with Crippen LogP contribution in [0.15, 0.2) is 142 Å². The van der Waals surface area contributed by atoms with E-state index in [0.29, 0.717) is 82.1 Å². The van der Waals surface area contributed by atoms with Crippen molar-refractivity contribution in [3.8, 4) is 56.7 Å². The van der Waals surface area contributed by atoms with Crippen molar-refractivity contribution in [2.75, 3.05) is 91.8 Å². The average molecular weight is 1170 g/mol. The molecule has 20 nitrogen and oxygen atoms in total. The Bertz CT molecular complexity index is 4240. The van der Waals surface area contributed by atoms with E-state index in [1.54, 1.807) is 44.6 Å². The summed E-state index contributed by atoms with van der Waals surface area (Å²) in [5.74, 6) is 0.119. The number of esters is 2. The van der Waals surface area contributed by atoms with Gasteiger partial charge in [0.1, 0.15) is 17.2 Å². The molecule has 86 heavy (non-hydrogen) atoms. The van der Waals surface area contributed by atoms with Crippen LogP contribution < -0.4 is 41.1 Å². The minimum atomic E-state index is -0.853. The van der Waals surface area contributed by atoms with Gasteiger partial charge in [0, 0.05) is 59.1 Å². The molecular weight excluding hydrogens is 1100 g/mol. The zero-order valence-corrected chi connectivity index (χ0v) is 49.5. The molecule has 6 aromatic carbocycles. The van der Waals surface area contributed by atoms with Gasteiger partial charge in [0.05, 0.1) is 106 Å². The van der Waals surface area contributed by atoms with Crippen LogP contribution in [0.2, 0.25) is 0 Å². The molecule has 1 aliphatic heterocycles. The summed E-state index contributed by atoms with van der Waals surface area (Å²) in [5, 5.41) is 15.2. The summed E-state index contributed by atoms with van der Waals surface area (Å²) in [6.07, 6.45) is 0.996. The van der Waals surface area contributed by atoms with Gasteiger partial charge in [0.25, 0.3) is 16.7 Å². The number of rotatable bonds is 16. The second-order valence-electron chi connectivity index (χ2n) is 20.2. The van der Waals surface area contributed by atoms with Crippen LogP contribution in [0, 0.1) is 20.8 Å². The lowest BCUT2D eigenvalue weighted by Gasteiger charge is -2.31. The van der Waals surface area contributed by atoms with E-state index in [-0.39, 0.29) is 28.1 Å². The summed E-state index contributed by atoms with van der Waals surface area (Å²) in [6.45, 7) is 13.1. The normalized spacial score (nSPS) is 12.0. The van der Waals surface area contributed by atoms with E-state index < -0.39 is 11.9 Å². The van der Waals surface area contributed by atoms with E-state index in [1.165, 1.54) is 37.1 Å². The summed E-state index contributed by atoms with van der Waals surface area (Å²) in [7, 11) is 7.05. The highest BCUT2D eigenvalue weighted by atomic mass is 16.5. The van der Waals surface area contributed by atoms with Gasteiger partial charge in [-0.05, 0) is 81.8 Å². The first kappa shape index (κ1) is 60.5. The minimum absolute atomic E-state index is 0.105. The quantitative estimate of drug-likeness (QED) is 0.0519. The molecule has 0 spiro atoms. The number of hydrogen-bond donors (Lipinski definition) is 4. The summed E-state index contributed by atoms with van der Waals surface area (Å²) < 4.78 is 37.8. The smallest absolute Gasteiger partial charge is 0.361 e. The fourth-order valence-electron chi connectivity index (χ4n) is 10.0. The average Bonchev–Trinajstić information content (AvgIpc) is 1.39. The molecule has 1 saturated heterocycles. The van der Waals surface area contributed by atoms with E-state index in [1.807, 2.05) is 86.6 Å². The number of aromatic amines is 3. The Kier molecular flexibility index (Phi) is 19.4. The third-order valence-electron chi connectivity index (χ3n) is 14.5. The Hall–Kier alpha value is -10.1. The third-order valence-corrected chi connectivity index (χ3v) is 14.5. The highest BCUT2D eigenvalue weighted by molar-refractivity contribution is 6.04. The van der Waals surface area contributed by atoms with Crippen LogP contribution in [0.4, 0.5) is 11.4 Å². The SMILES string of the molecule is CCCOCCNc1c(-c2ccc(C)cc2)[nH]c(=O)c2cc(OC)ccc12.COC(=O)c1nnn(-c2c(-c3ccc(C)cc3)[nH]c(=O)c3cc(OC)ccc23)c1C(=O)OC.COc1ccc2c(N3CCOCC3)c(-c3ccc(C)cc3)[nH]c(=O)c2c1. The highest BCUT2D eigenvalue weighted by Crippen LogP contribution is 2.38. The lowest BCUT2D eigenvalue weighted by molar-refractivity contribution is 0.0546. The molecule has 444 valence electrons. The first-order valence-corrected chi connectivity index (χ1v) is 27.9. The molecule has 1 fully saturated rings. The second kappa shape index (κ2) is 27.6. The molecule has 0 amide bonds. The number of morpholine rings is 1. The van der Waals surface area contributed by atoms with Gasteiger partial charge in [-0.25, -0.2) is 14.3 Å². The number of carbonyl (C=O) groups excluding carboxylic acids is 2. The van der Waals surface area contributed by atoms with Crippen LogP contribution in [-0.2, 0) is 18.9 Å². The Morgan fingerprint density at radius 3 is 1.43 bits per heavy atom. The molecule has 4 aromatic heterocycles. The number of pyridine rings is 3. The van der Waals surface area contributed by atoms with Crippen LogP contribution in [0.5, 0.6) is 17.2 Å². The minimum Gasteiger partial charge on any atom is -0.497 e. The Labute approximate surface area is 495 Å². The van der Waals surface area contributed by atoms with Gasteiger partial charge >= 0.3 is 11.9 Å². The molecule has 10 aromatic rings. The first-order valence-electron chi connectivity index (χ1n) is 27.9. The fraction of sp³-hybridized carbons (Fsp3) is 0.258. The molecule has 0 aliphatic carbocycles. The van der Waals surface area contributed by atoms with E-state index in [2.05, 4.69) is 73.6 Å². The molecule has 0 saturated carbocycles. The van der Waals surface area contributed by atoms with Crippen molar-refractivity contribution in [3.63, 3.8) is 0 Å². The van der Waals surface area contributed by atoms with Crippen molar-refractivity contribution in [2.45, 2.75) is 34.1 Å². The molecule has 20 heteroatoms. The maximum Gasteiger partial charge on any atom is 0.361 e. The van der Waals surface area contributed by atoms with Gasteiger partial charge in [-0.2, -0.15) is 0 Å². The van der Waals surface area contributed by atoms with Crippen molar-refractivity contribution < 1.29 is 42.7 Å². The molecule has 0 atom stereocenters. The number of carbonyl (C=O) groups is 2. The van der Waals surface area contributed by atoms with Crippen molar-refractivity contribution >= 4 is 55.6 Å². The summed E-state index contributed by atoms with van der Waals surface area (Å²) in [5.41, 5.74) is 9.18. The largest absolute Gasteiger partial charge is 0.497 e. The molecule has 1 aliphatic rings. The molecule has 0 unspecified atom stereocenters. The third kappa shape index (κ3) is 13.2. The molecule has 5 heterocycles.